The minimum absolute atomic E-state index is 0.211. The predicted molar refractivity (Wildman–Crippen MR) is 90.5 cm³/mol. The number of rotatable bonds is 7. The Morgan fingerprint density at radius 1 is 1.17 bits per heavy atom. The number of hydrogen-bond acceptors (Lipinski definition) is 5. The lowest BCUT2D eigenvalue weighted by atomic mass is 9.99. The Balaban J connectivity index is 2.00. The van der Waals surface area contributed by atoms with Crippen molar-refractivity contribution in [2.75, 3.05) is 33.9 Å². The highest BCUT2D eigenvalue weighted by atomic mass is 16.5. The molecular formula is C18H28N2O3. The fraction of sp³-hybridized carbons (Fsp3) is 0.611. The Morgan fingerprint density at radius 3 is 2.39 bits per heavy atom. The summed E-state index contributed by atoms with van der Waals surface area (Å²) in [6, 6.07) is 7.86. The van der Waals surface area contributed by atoms with Crippen molar-refractivity contribution in [2.24, 2.45) is 0 Å². The van der Waals surface area contributed by atoms with E-state index in [1.807, 2.05) is 31.2 Å². The van der Waals surface area contributed by atoms with Crippen LogP contribution >= 0.6 is 0 Å². The van der Waals surface area contributed by atoms with Crippen LogP contribution < -0.4 is 10.1 Å². The van der Waals surface area contributed by atoms with Gasteiger partial charge in [-0.05, 0) is 50.6 Å². The fourth-order valence-corrected chi connectivity index (χ4v) is 3.02. The van der Waals surface area contributed by atoms with E-state index in [1.165, 1.54) is 26.4 Å². The zero-order chi connectivity index (χ0) is 16.7. The second-order valence-electron chi connectivity index (χ2n) is 6.36. The third-order valence-corrected chi connectivity index (χ3v) is 4.47. The number of esters is 1. The summed E-state index contributed by atoms with van der Waals surface area (Å²) >= 11 is 0. The van der Waals surface area contributed by atoms with E-state index in [9.17, 15) is 4.79 Å². The molecule has 0 aromatic heterocycles. The molecule has 0 amide bonds. The molecule has 1 aliphatic heterocycles. The molecule has 1 heterocycles. The highest BCUT2D eigenvalue weighted by Gasteiger charge is 2.36. The molecule has 0 saturated carbocycles. The first-order valence-electron chi connectivity index (χ1n) is 8.26. The minimum Gasteiger partial charge on any atom is -0.497 e. The standard InChI is InChI=1S/C18H28N2O3/c1-18(17(21)23-3,14-20-11-5-4-6-12-20)19-13-15-7-9-16(22-2)10-8-15/h7-10,19H,4-6,11-14H2,1-3H3. The number of piperidine rings is 1. The monoisotopic (exact) mass is 320 g/mol. The molecule has 5 nitrogen and oxygen atoms in total. The van der Waals surface area contributed by atoms with Crippen LogP contribution in [0.3, 0.4) is 0 Å². The summed E-state index contributed by atoms with van der Waals surface area (Å²) in [5, 5.41) is 3.39. The molecule has 0 aliphatic carbocycles. The largest absolute Gasteiger partial charge is 0.497 e. The van der Waals surface area contributed by atoms with Gasteiger partial charge >= 0.3 is 5.97 Å². The lowest BCUT2D eigenvalue weighted by molar-refractivity contribution is -0.149. The number of nitrogens with zero attached hydrogens (tertiary/aromatic N) is 1. The van der Waals surface area contributed by atoms with Crippen molar-refractivity contribution in [1.29, 1.82) is 0 Å². The van der Waals surface area contributed by atoms with Crippen LogP contribution in [0.2, 0.25) is 0 Å². The van der Waals surface area contributed by atoms with Crippen molar-refractivity contribution >= 4 is 5.97 Å². The summed E-state index contributed by atoms with van der Waals surface area (Å²) in [6.07, 6.45) is 3.69. The molecule has 1 aliphatic rings. The van der Waals surface area contributed by atoms with E-state index in [-0.39, 0.29) is 5.97 Å². The Morgan fingerprint density at radius 2 is 1.83 bits per heavy atom. The van der Waals surface area contributed by atoms with Gasteiger partial charge in [-0.15, -0.1) is 0 Å². The van der Waals surface area contributed by atoms with Crippen LogP contribution in [0.5, 0.6) is 5.75 Å². The van der Waals surface area contributed by atoms with Gasteiger partial charge in [-0.25, -0.2) is 0 Å². The average molecular weight is 320 g/mol. The van der Waals surface area contributed by atoms with Gasteiger partial charge in [-0.1, -0.05) is 18.6 Å². The van der Waals surface area contributed by atoms with Crippen molar-refractivity contribution in [1.82, 2.24) is 10.2 Å². The molecular weight excluding hydrogens is 292 g/mol. The van der Waals surface area contributed by atoms with E-state index < -0.39 is 5.54 Å². The first kappa shape index (κ1) is 17.8. The topological polar surface area (TPSA) is 50.8 Å². The van der Waals surface area contributed by atoms with Crippen molar-refractivity contribution in [3.63, 3.8) is 0 Å². The van der Waals surface area contributed by atoms with Crippen LogP contribution in [0.4, 0.5) is 0 Å². The van der Waals surface area contributed by atoms with Crippen molar-refractivity contribution in [3.05, 3.63) is 29.8 Å². The maximum absolute atomic E-state index is 12.3. The second-order valence-corrected chi connectivity index (χ2v) is 6.36. The second kappa shape index (κ2) is 8.31. The smallest absolute Gasteiger partial charge is 0.327 e. The van der Waals surface area contributed by atoms with E-state index in [4.69, 9.17) is 9.47 Å². The van der Waals surface area contributed by atoms with Gasteiger partial charge in [0.1, 0.15) is 11.3 Å². The third kappa shape index (κ3) is 4.94. The average Bonchev–Trinajstić information content (AvgIpc) is 2.60. The summed E-state index contributed by atoms with van der Waals surface area (Å²) in [4.78, 5) is 14.6. The number of carbonyl (C=O) groups is 1. The number of ether oxygens (including phenoxy) is 2. The molecule has 0 radical (unpaired) electrons. The predicted octanol–water partition coefficient (Wildman–Crippen LogP) is 2.20. The van der Waals surface area contributed by atoms with Crippen LogP contribution in [-0.2, 0) is 16.1 Å². The zero-order valence-electron chi connectivity index (χ0n) is 14.4. The summed E-state index contributed by atoms with van der Waals surface area (Å²) in [7, 11) is 3.10. The molecule has 1 N–H and O–H groups in total. The number of likely N-dealkylation sites (tertiary alicyclic amines) is 1. The fourth-order valence-electron chi connectivity index (χ4n) is 3.02. The lowest BCUT2D eigenvalue weighted by Crippen LogP contribution is -2.57. The first-order valence-corrected chi connectivity index (χ1v) is 8.26. The molecule has 1 unspecified atom stereocenters. The zero-order valence-corrected chi connectivity index (χ0v) is 14.4. The SMILES string of the molecule is COC(=O)C(C)(CN1CCCCC1)NCc1ccc(OC)cc1. The van der Waals surface area contributed by atoms with E-state index in [0.29, 0.717) is 13.1 Å². The van der Waals surface area contributed by atoms with Gasteiger partial charge < -0.3 is 14.4 Å². The minimum atomic E-state index is -0.702. The van der Waals surface area contributed by atoms with Gasteiger partial charge in [0.2, 0.25) is 0 Å². The van der Waals surface area contributed by atoms with Crippen LogP contribution in [0.1, 0.15) is 31.7 Å². The Bertz CT molecular complexity index is 497. The molecule has 2 rings (SSSR count). The van der Waals surface area contributed by atoms with Gasteiger partial charge in [0.05, 0.1) is 14.2 Å². The van der Waals surface area contributed by atoms with Gasteiger partial charge in [-0.2, -0.15) is 0 Å². The molecule has 1 saturated heterocycles. The highest BCUT2D eigenvalue weighted by molar-refractivity contribution is 5.80. The number of nitrogens with one attached hydrogen (secondary N) is 1. The summed E-state index contributed by atoms with van der Waals surface area (Å²) in [6.45, 7) is 5.32. The molecule has 1 aromatic carbocycles. The molecule has 0 bridgehead atoms. The summed E-state index contributed by atoms with van der Waals surface area (Å²) in [5.41, 5.74) is 0.408. The number of benzene rings is 1. The maximum Gasteiger partial charge on any atom is 0.327 e. The first-order chi connectivity index (χ1) is 11.1. The lowest BCUT2D eigenvalue weighted by Gasteiger charge is -2.36. The van der Waals surface area contributed by atoms with E-state index in [1.54, 1.807) is 7.11 Å². The van der Waals surface area contributed by atoms with E-state index in [2.05, 4.69) is 10.2 Å². The quantitative estimate of drug-likeness (QED) is 0.781. The maximum atomic E-state index is 12.3. The van der Waals surface area contributed by atoms with Crippen molar-refractivity contribution in [3.8, 4) is 5.75 Å². The molecule has 1 fully saturated rings. The molecule has 1 atom stereocenters. The number of methoxy groups -OCH3 is 2. The van der Waals surface area contributed by atoms with Crippen molar-refractivity contribution < 1.29 is 14.3 Å². The number of hydrogen-bond donors (Lipinski definition) is 1. The van der Waals surface area contributed by atoms with Crippen LogP contribution in [0, 0.1) is 0 Å². The molecule has 23 heavy (non-hydrogen) atoms. The van der Waals surface area contributed by atoms with E-state index >= 15 is 0 Å². The third-order valence-electron chi connectivity index (χ3n) is 4.47. The van der Waals surface area contributed by atoms with Gasteiger partial charge in [0.25, 0.3) is 0 Å². The van der Waals surface area contributed by atoms with Gasteiger partial charge in [0.15, 0.2) is 0 Å². The highest BCUT2D eigenvalue weighted by Crippen LogP contribution is 2.17. The Hall–Kier alpha value is -1.59. The van der Waals surface area contributed by atoms with E-state index in [0.717, 1.165) is 24.4 Å². The molecule has 1 aromatic rings. The Kier molecular flexibility index (Phi) is 6.42. The normalized spacial score (nSPS) is 18.2. The summed E-state index contributed by atoms with van der Waals surface area (Å²) in [5.74, 6) is 0.620. The van der Waals surface area contributed by atoms with Crippen molar-refractivity contribution in [2.45, 2.75) is 38.3 Å². The van der Waals surface area contributed by atoms with Gasteiger partial charge in [-0.3, -0.25) is 10.1 Å². The van der Waals surface area contributed by atoms with Crippen LogP contribution in [0.25, 0.3) is 0 Å². The van der Waals surface area contributed by atoms with Crippen LogP contribution in [-0.4, -0.2) is 50.3 Å². The summed E-state index contributed by atoms with van der Waals surface area (Å²) < 4.78 is 10.2. The number of carbonyl (C=O) groups excluding carboxylic acids is 1. The Labute approximate surface area is 139 Å². The van der Waals surface area contributed by atoms with Gasteiger partial charge in [0, 0.05) is 13.1 Å². The molecule has 0 spiro atoms. The van der Waals surface area contributed by atoms with Crippen LogP contribution in [0.15, 0.2) is 24.3 Å². The molecule has 5 heteroatoms. The molecule has 128 valence electrons.